The third kappa shape index (κ3) is 2.76. The molecule has 1 unspecified atom stereocenters. The average Bonchev–Trinajstić information content (AvgIpc) is 2.82. The lowest BCUT2D eigenvalue weighted by Gasteiger charge is -2.19. The fourth-order valence-electron chi connectivity index (χ4n) is 1.59. The van der Waals surface area contributed by atoms with E-state index in [2.05, 4.69) is 13.8 Å². The standard InChI is InChI=1S/C10H20O2/c1-3-9(2)8-10(4-5-10)12-7-6-11/h9,11H,3-8H2,1-2H3. The molecule has 0 amide bonds. The van der Waals surface area contributed by atoms with E-state index in [0.29, 0.717) is 6.61 Å². The molecule has 0 aliphatic heterocycles. The molecule has 1 rings (SSSR count). The Kier molecular flexibility index (Phi) is 3.53. The lowest BCUT2D eigenvalue weighted by molar-refractivity contribution is -0.00234. The second-order valence-corrected chi connectivity index (χ2v) is 3.97. The largest absolute Gasteiger partial charge is 0.394 e. The molecule has 1 fully saturated rings. The highest BCUT2D eigenvalue weighted by Crippen LogP contribution is 2.45. The van der Waals surface area contributed by atoms with Gasteiger partial charge in [-0.2, -0.15) is 0 Å². The van der Waals surface area contributed by atoms with Gasteiger partial charge in [-0.05, 0) is 25.2 Å². The van der Waals surface area contributed by atoms with Crippen molar-refractivity contribution in [1.29, 1.82) is 0 Å². The zero-order valence-electron chi connectivity index (χ0n) is 8.18. The molecule has 0 bridgehead atoms. The number of hydrogen-bond acceptors (Lipinski definition) is 2. The van der Waals surface area contributed by atoms with E-state index >= 15 is 0 Å². The van der Waals surface area contributed by atoms with E-state index in [4.69, 9.17) is 9.84 Å². The van der Waals surface area contributed by atoms with Crippen LogP contribution < -0.4 is 0 Å². The molecule has 2 heteroatoms. The topological polar surface area (TPSA) is 29.5 Å². The van der Waals surface area contributed by atoms with Gasteiger partial charge in [-0.1, -0.05) is 20.3 Å². The van der Waals surface area contributed by atoms with Gasteiger partial charge in [0.2, 0.25) is 0 Å². The Balaban J connectivity index is 2.20. The summed E-state index contributed by atoms with van der Waals surface area (Å²) in [5, 5.41) is 8.62. The molecule has 0 aromatic heterocycles. The molecular weight excluding hydrogens is 152 g/mol. The van der Waals surface area contributed by atoms with Crippen molar-refractivity contribution in [2.24, 2.45) is 5.92 Å². The average molecular weight is 172 g/mol. The van der Waals surface area contributed by atoms with Crippen LogP contribution in [0.25, 0.3) is 0 Å². The predicted molar refractivity (Wildman–Crippen MR) is 49.1 cm³/mol. The maximum atomic E-state index is 8.62. The summed E-state index contributed by atoms with van der Waals surface area (Å²) in [6, 6.07) is 0. The molecule has 1 atom stereocenters. The molecule has 12 heavy (non-hydrogen) atoms. The fourth-order valence-corrected chi connectivity index (χ4v) is 1.59. The minimum absolute atomic E-state index is 0.155. The maximum absolute atomic E-state index is 8.62. The molecule has 1 aliphatic carbocycles. The normalized spacial score (nSPS) is 22.2. The first-order valence-corrected chi connectivity index (χ1v) is 4.97. The molecule has 0 heterocycles. The third-order valence-electron chi connectivity index (χ3n) is 2.72. The van der Waals surface area contributed by atoms with Crippen LogP contribution >= 0.6 is 0 Å². The van der Waals surface area contributed by atoms with Crippen LogP contribution in [0.15, 0.2) is 0 Å². The molecule has 1 aliphatic rings. The quantitative estimate of drug-likeness (QED) is 0.663. The monoisotopic (exact) mass is 172 g/mol. The number of rotatable bonds is 6. The lowest BCUT2D eigenvalue weighted by atomic mass is 10.00. The van der Waals surface area contributed by atoms with Crippen LogP contribution in [-0.4, -0.2) is 23.9 Å². The predicted octanol–water partition coefficient (Wildman–Crippen LogP) is 1.96. The second-order valence-electron chi connectivity index (χ2n) is 3.97. The van der Waals surface area contributed by atoms with Crippen molar-refractivity contribution in [3.8, 4) is 0 Å². The maximum Gasteiger partial charge on any atom is 0.0705 e. The van der Waals surface area contributed by atoms with E-state index < -0.39 is 0 Å². The zero-order valence-corrected chi connectivity index (χ0v) is 8.18. The molecule has 0 radical (unpaired) electrons. The van der Waals surface area contributed by atoms with Gasteiger partial charge in [-0.3, -0.25) is 0 Å². The van der Waals surface area contributed by atoms with Gasteiger partial charge in [0.15, 0.2) is 0 Å². The molecule has 0 saturated heterocycles. The van der Waals surface area contributed by atoms with Crippen molar-refractivity contribution in [2.75, 3.05) is 13.2 Å². The van der Waals surface area contributed by atoms with Crippen LogP contribution in [0, 0.1) is 5.92 Å². The summed E-state index contributed by atoms with van der Waals surface area (Å²) >= 11 is 0. The van der Waals surface area contributed by atoms with Crippen LogP contribution in [-0.2, 0) is 4.74 Å². The van der Waals surface area contributed by atoms with Crippen LogP contribution in [0.3, 0.4) is 0 Å². The lowest BCUT2D eigenvalue weighted by Crippen LogP contribution is -2.19. The van der Waals surface area contributed by atoms with Gasteiger partial charge in [0.25, 0.3) is 0 Å². The highest BCUT2D eigenvalue weighted by molar-refractivity contribution is 4.96. The van der Waals surface area contributed by atoms with Crippen molar-refractivity contribution in [1.82, 2.24) is 0 Å². The summed E-state index contributed by atoms with van der Waals surface area (Å²) in [5.41, 5.74) is 0.165. The Hall–Kier alpha value is -0.0800. The third-order valence-corrected chi connectivity index (χ3v) is 2.72. The van der Waals surface area contributed by atoms with Crippen molar-refractivity contribution in [3.63, 3.8) is 0 Å². The summed E-state index contributed by atoms with van der Waals surface area (Å²) in [7, 11) is 0. The SMILES string of the molecule is CCC(C)CC1(OCCO)CC1. The van der Waals surface area contributed by atoms with E-state index in [1.165, 1.54) is 25.7 Å². The van der Waals surface area contributed by atoms with Gasteiger partial charge in [-0.25, -0.2) is 0 Å². The zero-order chi connectivity index (χ0) is 9.03. The number of aliphatic hydroxyl groups is 1. The van der Waals surface area contributed by atoms with Crippen LogP contribution in [0.4, 0.5) is 0 Å². The van der Waals surface area contributed by atoms with Crippen molar-refractivity contribution >= 4 is 0 Å². The minimum Gasteiger partial charge on any atom is -0.394 e. The Morgan fingerprint density at radius 1 is 1.50 bits per heavy atom. The second kappa shape index (κ2) is 4.24. The van der Waals surface area contributed by atoms with E-state index in [-0.39, 0.29) is 12.2 Å². The fraction of sp³-hybridized carbons (Fsp3) is 1.00. The highest BCUT2D eigenvalue weighted by atomic mass is 16.5. The smallest absolute Gasteiger partial charge is 0.0705 e. The van der Waals surface area contributed by atoms with Crippen molar-refractivity contribution in [3.05, 3.63) is 0 Å². The summed E-state index contributed by atoms with van der Waals surface area (Å²) in [6.07, 6.45) is 4.78. The summed E-state index contributed by atoms with van der Waals surface area (Å²) < 4.78 is 5.61. The summed E-state index contributed by atoms with van der Waals surface area (Å²) in [5.74, 6) is 0.756. The van der Waals surface area contributed by atoms with E-state index in [9.17, 15) is 0 Å². The molecule has 72 valence electrons. The van der Waals surface area contributed by atoms with Gasteiger partial charge >= 0.3 is 0 Å². The van der Waals surface area contributed by atoms with Gasteiger partial charge in [-0.15, -0.1) is 0 Å². The summed E-state index contributed by atoms with van der Waals surface area (Å²) in [4.78, 5) is 0. The van der Waals surface area contributed by atoms with Crippen molar-refractivity contribution < 1.29 is 9.84 Å². The van der Waals surface area contributed by atoms with Crippen molar-refractivity contribution in [2.45, 2.75) is 45.1 Å². The Morgan fingerprint density at radius 2 is 2.17 bits per heavy atom. The first-order chi connectivity index (χ1) is 5.72. The van der Waals surface area contributed by atoms with E-state index in [0.717, 1.165) is 5.92 Å². The molecular formula is C10H20O2. The Bertz CT molecular complexity index is 130. The van der Waals surface area contributed by atoms with Crippen LogP contribution in [0.1, 0.15) is 39.5 Å². The first-order valence-electron chi connectivity index (χ1n) is 4.97. The minimum atomic E-state index is 0.155. The van der Waals surface area contributed by atoms with Gasteiger partial charge in [0.05, 0.1) is 18.8 Å². The summed E-state index contributed by atoms with van der Waals surface area (Å²) in [6.45, 7) is 5.15. The molecule has 0 spiro atoms. The molecule has 2 nitrogen and oxygen atoms in total. The van der Waals surface area contributed by atoms with Crippen LogP contribution in [0.5, 0.6) is 0 Å². The molecule has 1 saturated carbocycles. The van der Waals surface area contributed by atoms with E-state index in [1.807, 2.05) is 0 Å². The Labute approximate surface area is 74.9 Å². The highest BCUT2D eigenvalue weighted by Gasteiger charge is 2.44. The molecule has 0 aromatic rings. The van der Waals surface area contributed by atoms with Crippen LogP contribution in [0.2, 0.25) is 0 Å². The van der Waals surface area contributed by atoms with Gasteiger partial charge in [0, 0.05) is 0 Å². The Morgan fingerprint density at radius 3 is 2.58 bits per heavy atom. The number of aliphatic hydroxyl groups excluding tert-OH is 1. The van der Waals surface area contributed by atoms with E-state index in [1.54, 1.807) is 0 Å². The number of hydrogen-bond donors (Lipinski definition) is 1. The van der Waals surface area contributed by atoms with Gasteiger partial charge in [0.1, 0.15) is 0 Å². The van der Waals surface area contributed by atoms with Gasteiger partial charge < -0.3 is 9.84 Å². The number of ether oxygens (including phenoxy) is 1. The molecule has 1 N–H and O–H groups in total. The molecule has 0 aromatic carbocycles. The first kappa shape index (κ1) is 10.0.